The van der Waals surface area contributed by atoms with E-state index in [4.69, 9.17) is 5.26 Å². The number of aryl methyl sites for hydroxylation is 1. The molecule has 10 nitrogen and oxygen atoms in total. The van der Waals surface area contributed by atoms with Crippen LogP contribution < -0.4 is 10.6 Å². The summed E-state index contributed by atoms with van der Waals surface area (Å²) in [5.74, 6) is 0.192. The smallest absolute Gasteiger partial charge is 0.251 e. The molecule has 0 bridgehead atoms. The number of rotatable bonds is 10. The van der Waals surface area contributed by atoms with Gasteiger partial charge in [-0.25, -0.2) is 0 Å². The first-order valence-electron chi connectivity index (χ1n) is 13.8. The number of benzene rings is 2. The molecular formula is C29H35N8O2+. The number of amides is 2. The molecule has 2 heterocycles. The third-order valence-electron chi connectivity index (χ3n) is 7.88. The summed E-state index contributed by atoms with van der Waals surface area (Å²) in [5, 5.41) is 27.3. The van der Waals surface area contributed by atoms with Gasteiger partial charge in [-0.2, -0.15) is 5.26 Å². The summed E-state index contributed by atoms with van der Waals surface area (Å²) in [4.78, 5) is 28.4. The summed E-state index contributed by atoms with van der Waals surface area (Å²) >= 11 is 0. The van der Waals surface area contributed by atoms with Crippen LogP contribution in [0.25, 0.3) is 0 Å². The van der Waals surface area contributed by atoms with Crippen molar-refractivity contribution in [2.45, 2.75) is 63.1 Å². The molecule has 2 fully saturated rings. The topological polar surface area (TPSA) is 125 Å². The van der Waals surface area contributed by atoms with Crippen molar-refractivity contribution in [2.24, 2.45) is 15.6 Å². The minimum absolute atomic E-state index is 0.0489. The van der Waals surface area contributed by atoms with Crippen LogP contribution in [0.2, 0.25) is 0 Å². The monoisotopic (exact) mass is 527 g/mol. The molecule has 3 aliphatic rings. The highest BCUT2D eigenvalue weighted by Gasteiger charge is 2.38. The van der Waals surface area contributed by atoms with Crippen molar-refractivity contribution in [2.75, 3.05) is 26.3 Å². The summed E-state index contributed by atoms with van der Waals surface area (Å²) in [6.45, 7) is 4.58. The molecule has 1 saturated carbocycles. The summed E-state index contributed by atoms with van der Waals surface area (Å²) in [7, 11) is 0. The van der Waals surface area contributed by atoms with Crippen LogP contribution >= 0.6 is 0 Å². The minimum Gasteiger partial charge on any atom is -0.341 e. The zero-order valence-electron chi connectivity index (χ0n) is 22.3. The maximum atomic E-state index is 13.6. The summed E-state index contributed by atoms with van der Waals surface area (Å²) < 4.78 is 1.87. The fourth-order valence-corrected chi connectivity index (χ4v) is 5.39. The number of carbonyl (C=O) groups excluding carboxylic acids is 2. The Hall–Kier alpha value is -3.97. The molecule has 0 radical (unpaired) electrons. The van der Waals surface area contributed by atoms with Crippen LogP contribution in [0.5, 0.6) is 0 Å². The van der Waals surface area contributed by atoms with E-state index in [0.29, 0.717) is 49.3 Å². The van der Waals surface area contributed by atoms with E-state index >= 15 is 0 Å². The van der Waals surface area contributed by atoms with Crippen molar-refractivity contribution < 1.29 is 14.3 Å². The first-order valence-corrected chi connectivity index (χ1v) is 13.8. The number of likely N-dealkylation sites (tertiary alicyclic amines) is 1. The van der Waals surface area contributed by atoms with E-state index < -0.39 is 6.04 Å². The van der Waals surface area contributed by atoms with Crippen molar-refractivity contribution in [3.05, 3.63) is 70.8 Å². The van der Waals surface area contributed by atoms with Gasteiger partial charge in [0.1, 0.15) is 12.1 Å². The number of hydrogen-bond acceptors (Lipinski definition) is 7. The normalized spacial score (nSPS) is 21.2. The molecule has 1 saturated heterocycles. The zero-order chi connectivity index (χ0) is 27.2. The molecular weight excluding hydrogens is 492 g/mol. The Morgan fingerprint density at radius 2 is 1.87 bits per heavy atom. The highest BCUT2D eigenvalue weighted by molar-refractivity contribution is 5.97. The van der Waals surface area contributed by atoms with Gasteiger partial charge >= 0.3 is 0 Å². The average Bonchev–Trinajstić information content (AvgIpc) is 3.53. The number of nitriles is 1. The summed E-state index contributed by atoms with van der Waals surface area (Å²) in [6, 6.07) is 17.3. The van der Waals surface area contributed by atoms with Crippen LogP contribution in [0.3, 0.4) is 0 Å². The van der Waals surface area contributed by atoms with Crippen LogP contribution in [-0.2, 0) is 4.79 Å². The van der Waals surface area contributed by atoms with E-state index in [1.165, 1.54) is 11.1 Å². The molecule has 3 atom stereocenters. The first-order chi connectivity index (χ1) is 19.0. The lowest BCUT2D eigenvalue weighted by Gasteiger charge is -2.33. The molecule has 0 spiro atoms. The van der Waals surface area contributed by atoms with Crippen LogP contribution in [0.4, 0.5) is 0 Å². The molecule has 202 valence electrons. The second-order valence-corrected chi connectivity index (χ2v) is 10.6. The van der Waals surface area contributed by atoms with Crippen molar-refractivity contribution in [3.63, 3.8) is 0 Å². The van der Waals surface area contributed by atoms with Crippen molar-refractivity contribution in [1.82, 2.24) is 15.5 Å². The van der Waals surface area contributed by atoms with E-state index in [-0.39, 0.29) is 17.9 Å². The lowest BCUT2D eigenvalue weighted by molar-refractivity contribution is -0.622. The molecule has 2 N–H and O–H groups in total. The predicted molar refractivity (Wildman–Crippen MR) is 144 cm³/mol. The summed E-state index contributed by atoms with van der Waals surface area (Å²) in [6.07, 6.45) is 4.03. The van der Waals surface area contributed by atoms with Gasteiger partial charge in [0.2, 0.25) is 17.8 Å². The lowest BCUT2D eigenvalue weighted by Crippen LogP contribution is -2.52. The van der Waals surface area contributed by atoms with E-state index in [1.54, 1.807) is 24.3 Å². The number of hydrogen-bond donors (Lipinski definition) is 2. The van der Waals surface area contributed by atoms with Crippen LogP contribution in [0.15, 0.2) is 64.1 Å². The molecule has 2 amide bonds. The minimum atomic E-state index is -0.611. The van der Waals surface area contributed by atoms with Gasteiger partial charge in [-0.15, -0.1) is 4.70 Å². The quantitative estimate of drug-likeness (QED) is 0.361. The fraction of sp³-hybridized carbons (Fsp3) is 0.483. The molecule has 5 rings (SSSR count). The van der Waals surface area contributed by atoms with Crippen molar-refractivity contribution in [1.29, 1.82) is 5.26 Å². The van der Waals surface area contributed by atoms with Crippen LogP contribution in [0, 0.1) is 18.3 Å². The molecule has 1 aliphatic carbocycles. The van der Waals surface area contributed by atoms with Gasteiger partial charge in [0.05, 0.1) is 11.6 Å². The number of nitrogens with zero attached hydrogens (tertiary/aromatic N) is 6. The van der Waals surface area contributed by atoms with Crippen molar-refractivity contribution in [3.8, 4) is 6.07 Å². The summed E-state index contributed by atoms with van der Waals surface area (Å²) in [5.41, 5.74) is 3.56. The van der Waals surface area contributed by atoms with E-state index in [1.807, 2.05) is 9.60 Å². The zero-order valence-corrected chi connectivity index (χ0v) is 22.3. The SMILES string of the molecule is Cc1ccc([C@@H]2C[C@H]2NCCC[C@H](NC(=O)c2ccc(C#N)cc2)C(=O)N2CCC([N+]3=NN=NC3)CC2)cc1. The third kappa shape index (κ3) is 6.73. The van der Waals surface area contributed by atoms with E-state index in [9.17, 15) is 9.59 Å². The van der Waals surface area contributed by atoms with Gasteiger partial charge < -0.3 is 15.5 Å². The predicted octanol–water partition coefficient (Wildman–Crippen LogP) is 3.69. The fourth-order valence-electron chi connectivity index (χ4n) is 5.39. The standard InChI is InChI=1S/C29H34N8O2/c1-20-4-8-22(9-5-20)25-17-27(25)31-14-2-3-26(33-28(38)23-10-6-21(18-30)7-11-23)29(39)36-15-12-24(13-16-36)37-19-32-34-35-37/h4-11,24-27,31H,2-3,12-17,19H2,1H3/p+1/t25-,26-,27+/m0/s1. The van der Waals surface area contributed by atoms with Crippen molar-refractivity contribution >= 4 is 11.8 Å². The molecule has 0 unspecified atom stereocenters. The Balaban J connectivity index is 1.15. The van der Waals surface area contributed by atoms with E-state index in [0.717, 1.165) is 32.2 Å². The van der Waals surface area contributed by atoms with Gasteiger partial charge in [0.15, 0.2) is 5.22 Å². The highest BCUT2D eigenvalue weighted by Crippen LogP contribution is 2.40. The van der Waals surface area contributed by atoms with Gasteiger partial charge in [0, 0.05) is 43.5 Å². The molecule has 2 aromatic rings. The maximum Gasteiger partial charge on any atom is 0.251 e. The van der Waals surface area contributed by atoms with E-state index in [2.05, 4.69) is 63.5 Å². The first kappa shape index (κ1) is 26.6. The van der Waals surface area contributed by atoms with Gasteiger partial charge in [-0.1, -0.05) is 29.8 Å². The number of piperidine rings is 1. The average molecular weight is 528 g/mol. The largest absolute Gasteiger partial charge is 0.341 e. The molecule has 10 heteroatoms. The maximum absolute atomic E-state index is 13.6. The number of carbonyl (C=O) groups is 2. The van der Waals surface area contributed by atoms with Gasteiger partial charge in [-0.05, 0) is 67.7 Å². The Morgan fingerprint density at radius 3 is 2.54 bits per heavy atom. The Kier molecular flexibility index (Phi) is 8.37. The molecule has 0 aromatic heterocycles. The molecule has 2 aromatic carbocycles. The van der Waals surface area contributed by atoms with Gasteiger partial charge in [-0.3, -0.25) is 9.59 Å². The second kappa shape index (κ2) is 12.3. The number of nitrogens with one attached hydrogen (secondary N) is 2. The third-order valence-corrected chi connectivity index (χ3v) is 7.88. The van der Waals surface area contributed by atoms with Crippen LogP contribution in [-0.4, -0.2) is 65.8 Å². The van der Waals surface area contributed by atoms with Crippen LogP contribution in [0.1, 0.15) is 65.1 Å². The second-order valence-electron chi connectivity index (χ2n) is 10.6. The molecule has 2 aliphatic heterocycles. The lowest BCUT2D eigenvalue weighted by atomic mass is 10.0. The Bertz CT molecular complexity index is 1270. The van der Waals surface area contributed by atoms with Gasteiger partial charge in [0.25, 0.3) is 5.91 Å². The molecule has 39 heavy (non-hydrogen) atoms. The Labute approximate surface area is 228 Å². The highest BCUT2D eigenvalue weighted by atomic mass is 16.2. The Morgan fingerprint density at radius 1 is 1.13 bits per heavy atom.